The predicted octanol–water partition coefficient (Wildman–Crippen LogP) is 3.76. The highest BCUT2D eigenvalue weighted by Gasteiger charge is 2.23. The zero-order valence-corrected chi connectivity index (χ0v) is 12.8. The molecule has 0 atom stereocenters. The first-order valence-electron chi connectivity index (χ1n) is 6.92. The van der Waals surface area contributed by atoms with Crippen LogP contribution in [-0.4, -0.2) is 10.5 Å². The molecule has 20 heavy (non-hydrogen) atoms. The SMILES string of the molecule is Cc1ccc(-c2c(C(N)=O)c(C)n(C(C)C)c2C)cc1. The number of aryl methyl sites for hydroxylation is 1. The summed E-state index contributed by atoms with van der Waals surface area (Å²) >= 11 is 0. The zero-order valence-electron chi connectivity index (χ0n) is 12.8. The third-order valence-electron chi connectivity index (χ3n) is 3.80. The normalized spacial score (nSPS) is 11.1. The molecule has 2 rings (SSSR count). The minimum atomic E-state index is -0.361. The number of carbonyl (C=O) groups is 1. The first-order chi connectivity index (χ1) is 9.34. The van der Waals surface area contributed by atoms with Crippen LogP contribution in [0.3, 0.4) is 0 Å². The maximum Gasteiger partial charge on any atom is 0.251 e. The van der Waals surface area contributed by atoms with Gasteiger partial charge in [-0.05, 0) is 40.2 Å². The molecule has 0 saturated heterocycles. The fourth-order valence-corrected chi connectivity index (χ4v) is 3.00. The van der Waals surface area contributed by atoms with E-state index in [0.717, 1.165) is 22.5 Å². The van der Waals surface area contributed by atoms with Crippen molar-refractivity contribution >= 4 is 5.91 Å². The second-order valence-corrected chi connectivity index (χ2v) is 5.61. The van der Waals surface area contributed by atoms with Gasteiger partial charge in [0.15, 0.2) is 0 Å². The van der Waals surface area contributed by atoms with Gasteiger partial charge in [0.25, 0.3) is 5.91 Å². The van der Waals surface area contributed by atoms with Crippen LogP contribution in [0.4, 0.5) is 0 Å². The Bertz CT molecular complexity index is 649. The van der Waals surface area contributed by atoms with Crippen molar-refractivity contribution < 1.29 is 4.79 Å². The lowest BCUT2D eigenvalue weighted by atomic mass is 9.99. The molecule has 0 unspecified atom stereocenters. The van der Waals surface area contributed by atoms with Gasteiger partial charge < -0.3 is 10.3 Å². The number of nitrogens with zero attached hydrogens (tertiary/aromatic N) is 1. The van der Waals surface area contributed by atoms with Crippen molar-refractivity contribution in [3.8, 4) is 11.1 Å². The quantitative estimate of drug-likeness (QED) is 0.907. The lowest BCUT2D eigenvalue weighted by Gasteiger charge is -2.13. The molecule has 0 saturated carbocycles. The van der Waals surface area contributed by atoms with E-state index >= 15 is 0 Å². The predicted molar refractivity (Wildman–Crippen MR) is 83.0 cm³/mol. The van der Waals surface area contributed by atoms with E-state index in [2.05, 4.69) is 44.4 Å². The number of primary amides is 1. The lowest BCUT2D eigenvalue weighted by molar-refractivity contribution is 0.1000. The molecule has 1 aromatic heterocycles. The van der Waals surface area contributed by atoms with Crippen LogP contribution in [0.2, 0.25) is 0 Å². The molecular weight excluding hydrogens is 248 g/mol. The minimum Gasteiger partial charge on any atom is -0.366 e. The molecule has 1 heterocycles. The molecule has 0 radical (unpaired) electrons. The molecular formula is C17H22N2O. The zero-order chi connectivity index (χ0) is 15.0. The number of carbonyl (C=O) groups excluding carboxylic acids is 1. The molecule has 3 heteroatoms. The van der Waals surface area contributed by atoms with Crippen LogP contribution in [-0.2, 0) is 0 Å². The number of benzene rings is 1. The van der Waals surface area contributed by atoms with Crippen molar-refractivity contribution in [2.75, 3.05) is 0 Å². The van der Waals surface area contributed by atoms with Crippen molar-refractivity contribution in [2.24, 2.45) is 5.73 Å². The first kappa shape index (κ1) is 14.4. The molecule has 0 aliphatic rings. The summed E-state index contributed by atoms with van der Waals surface area (Å²) in [6, 6.07) is 8.51. The summed E-state index contributed by atoms with van der Waals surface area (Å²) in [4.78, 5) is 11.9. The molecule has 106 valence electrons. The van der Waals surface area contributed by atoms with E-state index in [-0.39, 0.29) is 5.91 Å². The van der Waals surface area contributed by atoms with Crippen LogP contribution in [0.15, 0.2) is 24.3 Å². The largest absolute Gasteiger partial charge is 0.366 e. The Labute approximate surface area is 120 Å². The summed E-state index contributed by atoms with van der Waals surface area (Å²) < 4.78 is 2.18. The Morgan fingerprint density at radius 2 is 1.60 bits per heavy atom. The molecule has 1 aromatic carbocycles. The van der Waals surface area contributed by atoms with Gasteiger partial charge in [-0.25, -0.2) is 0 Å². The van der Waals surface area contributed by atoms with Crippen molar-refractivity contribution in [1.82, 2.24) is 4.57 Å². The average Bonchev–Trinajstić information content (AvgIpc) is 2.62. The first-order valence-corrected chi connectivity index (χ1v) is 6.92. The van der Waals surface area contributed by atoms with Gasteiger partial charge in [0.05, 0.1) is 5.56 Å². The van der Waals surface area contributed by atoms with Crippen molar-refractivity contribution in [3.63, 3.8) is 0 Å². The van der Waals surface area contributed by atoms with Gasteiger partial charge in [-0.3, -0.25) is 4.79 Å². The van der Waals surface area contributed by atoms with E-state index in [4.69, 9.17) is 5.73 Å². The van der Waals surface area contributed by atoms with E-state index in [9.17, 15) is 4.79 Å². The lowest BCUT2D eigenvalue weighted by Crippen LogP contribution is -2.14. The van der Waals surface area contributed by atoms with E-state index in [1.54, 1.807) is 0 Å². The van der Waals surface area contributed by atoms with E-state index in [1.165, 1.54) is 5.56 Å². The maximum absolute atomic E-state index is 11.9. The highest BCUT2D eigenvalue weighted by atomic mass is 16.1. The van der Waals surface area contributed by atoms with Gasteiger partial charge in [0, 0.05) is 23.0 Å². The van der Waals surface area contributed by atoms with Crippen LogP contribution < -0.4 is 5.73 Å². The number of aromatic nitrogens is 1. The van der Waals surface area contributed by atoms with Crippen LogP contribution >= 0.6 is 0 Å². The summed E-state index contributed by atoms with van der Waals surface area (Å²) in [6.45, 7) is 10.3. The molecule has 0 aliphatic carbocycles. The Morgan fingerprint density at radius 1 is 1.05 bits per heavy atom. The van der Waals surface area contributed by atoms with Crippen LogP contribution in [0.1, 0.15) is 47.2 Å². The highest BCUT2D eigenvalue weighted by Crippen LogP contribution is 2.34. The van der Waals surface area contributed by atoms with Gasteiger partial charge in [-0.2, -0.15) is 0 Å². The second kappa shape index (κ2) is 5.16. The van der Waals surface area contributed by atoms with Gasteiger partial charge in [0.1, 0.15) is 0 Å². The molecule has 2 N–H and O–H groups in total. The van der Waals surface area contributed by atoms with Crippen molar-refractivity contribution in [3.05, 3.63) is 46.8 Å². The number of hydrogen-bond donors (Lipinski definition) is 1. The van der Waals surface area contributed by atoms with E-state index in [0.29, 0.717) is 11.6 Å². The second-order valence-electron chi connectivity index (χ2n) is 5.61. The Hall–Kier alpha value is -2.03. The monoisotopic (exact) mass is 270 g/mol. The smallest absolute Gasteiger partial charge is 0.251 e. The summed E-state index contributed by atoms with van der Waals surface area (Å²) in [5, 5.41) is 0. The number of amides is 1. The Kier molecular flexibility index (Phi) is 3.71. The number of nitrogens with two attached hydrogens (primary N) is 1. The van der Waals surface area contributed by atoms with Crippen LogP contribution in [0.25, 0.3) is 11.1 Å². The van der Waals surface area contributed by atoms with Gasteiger partial charge >= 0.3 is 0 Å². The van der Waals surface area contributed by atoms with Crippen LogP contribution in [0, 0.1) is 20.8 Å². The fourth-order valence-electron chi connectivity index (χ4n) is 3.00. The molecule has 2 aromatic rings. The van der Waals surface area contributed by atoms with Gasteiger partial charge in [-0.1, -0.05) is 29.8 Å². The maximum atomic E-state index is 11.9. The van der Waals surface area contributed by atoms with Gasteiger partial charge in [0.2, 0.25) is 0 Å². The molecule has 0 bridgehead atoms. The standard InChI is InChI=1S/C17H22N2O/c1-10(2)19-12(4)15(16(13(19)5)17(18)20)14-8-6-11(3)7-9-14/h6-10H,1-5H3,(H2,18,20). The summed E-state index contributed by atoms with van der Waals surface area (Å²) in [6.07, 6.45) is 0. The van der Waals surface area contributed by atoms with Gasteiger partial charge in [-0.15, -0.1) is 0 Å². The molecule has 0 spiro atoms. The van der Waals surface area contributed by atoms with E-state index < -0.39 is 0 Å². The minimum absolute atomic E-state index is 0.298. The summed E-state index contributed by atoms with van der Waals surface area (Å²) in [5.41, 5.74) is 11.5. The summed E-state index contributed by atoms with van der Waals surface area (Å²) in [5.74, 6) is -0.361. The van der Waals surface area contributed by atoms with E-state index in [1.807, 2.05) is 19.1 Å². The highest BCUT2D eigenvalue weighted by molar-refractivity contribution is 6.02. The van der Waals surface area contributed by atoms with Crippen molar-refractivity contribution in [2.45, 2.75) is 40.7 Å². The summed E-state index contributed by atoms with van der Waals surface area (Å²) in [7, 11) is 0. The molecule has 0 aliphatic heterocycles. The third kappa shape index (κ3) is 2.24. The molecule has 3 nitrogen and oxygen atoms in total. The molecule has 0 fully saturated rings. The Morgan fingerprint density at radius 3 is 2.05 bits per heavy atom. The fraction of sp³-hybridized carbons (Fsp3) is 0.353. The average molecular weight is 270 g/mol. The van der Waals surface area contributed by atoms with Crippen molar-refractivity contribution in [1.29, 1.82) is 0 Å². The topological polar surface area (TPSA) is 48.0 Å². The number of rotatable bonds is 3. The van der Waals surface area contributed by atoms with Crippen LogP contribution in [0.5, 0.6) is 0 Å². The Balaban J connectivity index is 2.77. The number of hydrogen-bond acceptors (Lipinski definition) is 1. The molecule has 1 amide bonds. The third-order valence-corrected chi connectivity index (χ3v) is 3.80.